The van der Waals surface area contributed by atoms with Crippen molar-refractivity contribution in [2.45, 2.75) is 0 Å². The smallest absolute Gasteiger partial charge is 0.257 e. The molecule has 0 heterocycles. The minimum atomic E-state index is -0.222. The largest absolute Gasteiger partial charge is 0.383 e. The lowest BCUT2D eigenvalue weighted by atomic mass is 10.2. The third kappa shape index (κ3) is 4.48. The topological polar surface area (TPSA) is 50.4 Å². The summed E-state index contributed by atoms with van der Waals surface area (Å²) in [5.41, 5.74) is 2.15. The number of nitrogens with one attached hydrogen (secondary N) is 2. The number of rotatable bonds is 6. The van der Waals surface area contributed by atoms with Gasteiger partial charge in [-0.1, -0.05) is 23.7 Å². The number of hydrogen-bond donors (Lipinski definition) is 2. The number of ether oxygens (including phenoxy) is 1. The summed E-state index contributed by atoms with van der Waals surface area (Å²) in [5.74, 6) is -0.222. The highest BCUT2D eigenvalue weighted by molar-refractivity contribution is 6.34. The Labute approximate surface area is 129 Å². The van der Waals surface area contributed by atoms with Crippen LogP contribution >= 0.6 is 11.6 Å². The molecule has 0 atom stereocenters. The van der Waals surface area contributed by atoms with Gasteiger partial charge in [0.1, 0.15) is 0 Å². The number of halogens is 1. The molecule has 2 aromatic rings. The van der Waals surface area contributed by atoms with Crippen molar-refractivity contribution in [3.63, 3.8) is 0 Å². The number of carbonyl (C=O) groups excluding carboxylic acids is 1. The summed E-state index contributed by atoms with van der Waals surface area (Å²) in [5, 5.41) is 6.46. The molecular weight excluding hydrogens is 288 g/mol. The second kappa shape index (κ2) is 7.67. The second-order valence-corrected chi connectivity index (χ2v) is 4.84. The molecule has 110 valence electrons. The van der Waals surface area contributed by atoms with Crippen molar-refractivity contribution in [3.8, 4) is 0 Å². The third-order valence-corrected chi connectivity index (χ3v) is 3.23. The van der Waals surface area contributed by atoms with Crippen LogP contribution in [0, 0.1) is 0 Å². The number of hydrogen-bond acceptors (Lipinski definition) is 3. The second-order valence-electron chi connectivity index (χ2n) is 4.43. The van der Waals surface area contributed by atoms with Gasteiger partial charge in [0, 0.05) is 25.0 Å². The van der Waals surface area contributed by atoms with Crippen LogP contribution in [0.15, 0.2) is 48.5 Å². The lowest BCUT2D eigenvalue weighted by molar-refractivity contribution is 0.102. The lowest BCUT2D eigenvalue weighted by Crippen LogP contribution is -2.12. The molecule has 21 heavy (non-hydrogen) atoms. The van der Waals surface area contributed by atoms with Crippen molar-refractivity contribution >= 4 is 28.9 Å². The van der Waals surface area contributed by atoms with Gasteiger partial charge in [-0.05, 0) is 36.4 Å². The standard InChI is InChI=1S/C16H17ClN2O2/c1-21-11-10-18-12-6-8-13(9-7-12)19-16(20)14-4-2-3-5-15(14)17/h2-9,18H,10-11H2,1H3,(H,19,20). The van der Waals surface area contributed by atoms with Crippen LogP contribution in [-0.2, 0) is 4.74 Å². The molecule has 1 amide bonds. The van der Waals surface area contributed by atoms with E-state index < -0.39 is 0 Å². The van der Waals surface area contributed by atoms with E-state index in [9.17, 15) is 4.79 Å². The van der Waals surface area contributed by atoms with Gasteiger partial charge in [0.15, 0.2) is 0 Å². The SMILES string of the molecule is COCCNc1ccc(NC(=O)c2ccccc2Cl)cc1. The maximum absolute atomic E-state index is 12.1. The van der Waals surface area contributed by atoms with E-state index in [1.54, 1.807) is 31.4 Å². The number of methoxy groups -OCH3 is 1. The Bertz CT molecular complexity index is 599. The molecule has 0 bridgehead atoms. The van der Waals surface area contributed by atoms with Gasteiger partial charge in [0.2, 0.25) is 0 Å². The summed E-state index contributed by atoms with van der Waals surface area (Å²) in [6.07, 6.45) is 0. The van der Waals surface area contributed by atoms with Crippen LogP contribution in [0.2, 0.25) is 5.02 Å². The highest BCUT2D eigenvalue weighted by Gasteiger charge is 2.09. The van der Waals surface area contributed by atoms with Crippen LogP contribution in [0.4, 0.5) is 11.4 Å². The predicted molar refractivity (Wildman–Crippen MR) is 86.2 cm³/mol. The molecule has 5 heteroatoms. The van der Waals surface area contributed by atoms with E-state index in [0.29, 0.717) is 17.2 Å². The number of benzene rings is 2. The zero-order valence-corrected chi connectivity index (χ0v) is 12.5. The average molecular weight is 305 g/mol. The lowest BCUT2D eigenvalue weighted by Gasteiger charge is -2.09. The predicted octanol–water partition coefficient (Wildman–Crippen LogP) is 3.65. The highest BCUT2D eigenvalue weighted by Crippen LogP contribution is 2.18. The van der Waals surface area contributed by atoms with Crippen LogP contribution in [0.5, 0.6) is 0 Å². The molecule has 2 rings (SSSR count). The molecule has 2 N–H and O–H groups in total. The molecule has 0 spiro atoms. The zero-order valence-electron chi connectivity index (χ0n) is 11.7. The van der Waals surface area contributed by atoms with Gasteiger partial charge in [-0.25, -0.2) is 0 Å². The summed E-state index contributed by atoms with van der Waals surface area (Å²) in [6.45, 7) is 1.38. The van der Waals surface area contributed by atoms with Gasteiger partial charge in [0.25, 0.3) is 5.91 Å². The molecule has 4 nitrogen and oxygen atoms in total. The molecule has 2 aromatic carbocycles. The molecule has 0 saturated carbocycles. The van der Waals surface area contributed by atoms with E-state index in [-0.39, 0.29) is 5.91 Å². The molecule has 0 saturated heterocycles. The summed E-state index contributed by atoms with van der Waals surface area (Å²) < 4.78 is 4.97. The monoisotopic (exact) mass is 304 g/mol. The molecule has 0 aliphatic heterocycles. The van der Waals surface area contributed by atoms with Gasteiger partial charge in [-0.2, -0.15) is 0 Å². The Hall–Kier alpha value is -2.04. The van der Waals surface area contributed by atoms with Crippen molar-refractivity contribution in [3.05, 3.63) is 59.1 Å². The van der Waals surface area contributed by atoms with E-state index >= 15 is 0 Å². The molecule has 0 fully saturated rings. The Morgan fingerprint density at radius 2 is 1.76 bits per heavy atom. The zero-order chi connectivity index (χ0) is 15.1. The number of amides is 1. The summed E-state index contributed by atoms with van der Waals surface area (Å²) in [4.78, 5) is 12.1. The minimum absolute atomic E-state index is 0.222. The van der Waals surface area contributed by atoms with Gasteiger partial charge >= 0.3 is 0 Å². The molecule has 0 aliphatic rings. The van der Waals surface area contributed by atoms with E-state index in [0.717, 1.165) is 17.9 Å². The maximum Gasteiger partial charge on any atom is 0.257 e. The van der Waals surface area contributed by atoms with Crippen molar-refractivity contribution in [2.24, 2.45) is 0 Å². The van der Waals surface area contributed by atoms with Gasteiger partial charge < -0.3 is 15.4 Å². The molecular formula is C16H17ClN2O2. The van der Waals surface area contributed by atoms with E-state index in [1.165, 1.54) is 0 Å². The number of anilines is 2. The van der Waals surface area contributed by atoms with E-state index in [4.69, 9.17) is 16.3 Å². The van der Waals surface area contributed by atoms with Gasteiger partial charge in [-0.3, -0.25) is 4.79 Å². The van der Waals surface area contributed by atoms with Gasteiger partial charge in [0.05, 0.1) is 17.2 Å². The third-order valence-electron chi connectivity index (χ3n) is 2.90. The van der Waals surface area contributed by atoms with E-state index in [1.807, 2.05) is 24.3 Å². The van der Waals surface area contributed by atoms with Crippen molar-refractivity contribution < 1.29 is 9.53 Å². The summed E-state index contributed by atoms with van der Waals surface area (Å²) in [7, 11) is 1.66. The van der Waals surface area contributed by atoms with Crippen molar-refractivity contribution in [2.75, 3.05) is 30.9 Å². The van der Waals surface area contributed by atoms with Crippen LogP contribution in [0.3, 0.4) is 0 Å². The Balaban J connectivity index is 1.97. The Morgan fingerprint density at radius 3 is 2.43 bits per heavy atom. The molecule has 0 aromatic heterocycles. The quantitative estimate of drug-likeness (QED) is 0.801. The normalized spacial score (nSPS) is 10.2. The fourth-order valence-corrected chi connectivity index (χ4v) is 2.03. The first-order chi connectivity index (χ1) is 10.2. The maximum atomic E-state index is 12.1. The van der Waals surface area contributed by atoms with Crippen LogP contribution in [0.25, 0.3) is 0 Å². The fourth-order valence-electron chi connectivity index (χ4n) is 1.81. The average Bonchev–Trinajstić information content (AvgIpc) is 2.49. The number of carbonyl (C=O) groups is 1. The van der Waals surface area contributed by atoms with Crippen molar-refractivity contribution in [1.29, 1.82) is 0 Å². The van der Waals surface area contributed by atoms with Crippen molar-refractivity contribution in [1.82, 2.24) is 0 Å². The first-order valence-corrected chi connectivity index (χ1v) is 6.97. The van der Waals surface area contributed by atoms with Gasteiger partial charge in [-0.15, -0.1) is 0 Å². The fraction of sp³-hybridized carbons (Fsp3) is 0.188. The van der Waals surface area contributed by atoms with Crippen LogP contribution in [0.1, 0.15) is 10.4 Å². The first kappa shape index (κ1) is 15.4. The Kier molecular flexibility index (Phi) is 5.60. The summed E-state index contributed by atoms with van der Waals surface area (Å²) in [6, 6.07) is 14.4. The van der Waals surface area contributed by atoms with Crippen LogP contribution in [-0.4, -0.2) is 26.2 Å². The molecule has 0 unspecified atom stereocenters. The molecule has 0 radical (unpaired) electrons. The highest BCUT2D eigenvalue weighted by atomic mass is 35.5. The minimum Gasteiger partial charge on any atom is -0.383 e. The Morgan fingerprint density at radius 1 is 1.10 bits per heavy atom. The summed E-state index contributed by atoms with van der Waals surface area (Å²) >= 11 is 6.00. The van der Waals surface area contributed by atoms with Crippen LogP contribution < -0.4 is 10.6 Å². The van der Waals surface area contributed by atoms with E-state index in [2.05, 4.69) is 10.6 Å². The first-order valence-electron chi connectivity index (χ1n) is 6.59. The molecule has 0 aliphatic carbocycles.